The number of rotatable bonds is 1. The van der Waals surface area contributed by atoms with Crippen LogP contribution in [0.2, 0.25) is 0 Å². The van der Waals surface area contributed by atoms with Gasteiger partial charge in [-0.15, -0.1) is 0 Å². The summed E-state index contributed by atoms with van der Waals surface area (Å²) in [6.45, 7) is 2.32. The molecule has 0 amide bonds. The number of fused-ring (bicyclic) bond motifs is 3. The van der Waals surface area contributed by atoms with Gasteiger partial charge in [-0.2, -0.15) is 0 Å². The Hall–Kier alpha value is -1.02. The highest BCUT2D eigenvalue weighted by Gasteiger charge is 2.35. The van der Waals surface area contributed by atoms with Gasteiger partial charge in [-0.1, -0.05) is 12.1 Å². The summed E-state index contributed by atoms with van der Waals surface area (Å²) in [4.78, 5) is 0. The summed E-state index contributed by atoms with van der Waals surface area (Å²) in [5.41, 5.74) is 3.00. The van der Waals surface area contributed by atoms with Gasteiger partial charge in [-0.05, 0) is 49.4 Å². The van der Waals surface area contributed by atoms with Crippen LogP contribution in [0.1, 0.15) is 23.5 Å². The average molecular weight is 203 g/mol. The molecule has 0 saturated carbocycles. The molecule has 1 saturated heterocycles. The molecule has 2 heteroatoms. The van der Waals surface area contributed by atoms with E-state index in [4.69, 9.17) is 4.74 Å². The van der Waals surface area contributed by atoms with E-state index in [-0.39, 0.29) is 0 Å². The van der Waals surface area contributed by atoms with Crippen LogP contribution in [0.25, 0.3) is 0 Å². The Morgan fingerprint density at radius 1 is 1.40 bits per heavy atom. The third-order valence-corrected chi connectivity index (χ3v) is 3.84. The van der Waals surface area contributed by atoms with E-state index in [9.17, 15) is 0 Å². The molecule has 0 aromatic heterocycles. The number of methoxy groups -OCH3 is 1. The lowest BCUT2D eigenvalue weighted by Gasteiger charge is -2.27. The van der Waals surface area contributed by atoms with Crippen molar-refractivity contribution in [1.29, 1.82) is 0 Å². The molecule has 2 aliphatic rings. The zero-order valence-corrected chi connectivity index (χ0v) is 9.12. The van der Waals surface area contributed by atoms with Gasteiger partial charge in [-0.3, -0.25) is 0 Å². The van der Waals surface area contributed by atoms with E-state index < -0.39 is 0 Å². The minimum atomic E-state index is 0.734. The van der Waals surface area contributed by atoms with Gasteiger partial charge < -0.3 is 10.1 Å². The van der Waals surface area contributed by atoms with E-state index in [1.807, 2.05) is 0 Å². The molecule has 1 N–H and O–H groups in total. The van der Waals surface area contributed by atoms with Crippen LogP contribution in [0.4, 0.5) is 0 Å². The first-order chi connectivity index (χ1) is 7.40. The number of hydrogen-bond acceptors (Lipinski definition) is 2. The molecule has 0 radical (unpaired) electrons. The van der Waals surface area contributed by atoms with Crippen molar-refractivity contribution in [2.24, 2.45) is 5.92 Å². The fourth-order valence-corrected chi connectivity index (χ4v) is 3.17. The third kappa shape index (κ3) is 1.36. The lowest BCUT2D eigenvalue weighted by atomic mass is 9.86. The molecule has 2 atom stereocenters. The van der Waals surface area contributed by atoms with E-state index in [1.54, 1.807) is 7.11 Å². The lowest BCUT2D eigenvalue weighted by molar-refractivity contribution is 0.339. The van der Waals surface area contributed by atoms with Crippen molar-refractivity contribution >= 4 is 0 Å². The predicted molar refractivity (Wildman–Crippen MR) is 60.4 cm³/mol. The minimum absolute atomic E-state index is 0.734. The molecule has 1 heterocycles. The molecule has 1 aliphatic carbocycles. The van der Waals surface area contributed by atoms with Gasteiger partial charge >= 0.3 is 0 Å². The van der Waals surface area contributed by atoms with E-state index in [1.165, 1.54) is 30.5 Å². The predicted octanol–water partition coefficient (Wildman–Crippen LogP) is 1.94. The zero-order valence-electron chi connectivity index (χ0n) is 9.12. The summed E-state index contributed by atoms with van der Waals surface area (Å²) in [5.74, 6) is 2.63. The van der Waals surface area contributed by atoms with Crippen molar-refractivity contribution in [3.63, 3.8) is 0 Å². The van der Waals surface area contributed by atoms with Gasteiger partial charge in [0.25, 0.3) is 0 Å². The molecule has 0 spiro atoms. The van der Waals surface area contributed by atoms with Gasteiger partial charge in [0.2, 0.25) is 0 Å². The van der Waals surface area contributed by atoms with Crippen LogP contribution < -0.4 is 10.1 Å². The van der Waals surface area contributed by atoms with Crippen LogP contribution in [0.3, 0.4) is 0 Å². The molecule has 80 valence electrons. The molecule has 3 rings (SSSR count). The van der Waals surface area contributed by atoms with Crippen LogP contribution in [0.5, 0.6) is 5.75 Å². The number of benzene rings is 1. The van der Waals surface area contributed by atoms with Gasteiger partial charge in [0.05, 0.1) is 7.11 Å². The molecule has 2 unspecified atom stereocenters. The largest absolute Gasteiger partial charge is 0.496 e. The second-order valence-corrected chi connectivity index (χ2v) is 4.60. The summed E-state index contributed by atoms with van der Waals surface area (Å²) in [5, 5.41) is 3.49. The Bertz CT molecular complexity index is 375. The monoisotopic (exact) mass is 203 g/mol. The highest BCUT2D eigenvalue weighted by molar-refractivity contribution is 5.47. The van der Waals surface area contributed by atoms with Crippen LogP contribution in [-0.2, 0) is 6.42 Å². The molecular formula is C13H17NO. The van der Waals surface area contributed by atoms with E-state index in [0.717, 1.165) is 24.1 Å². The number of nitrogens with one attached hydrogen (secondary N) is 1. The van der Waals surface area contributed by atoms with Crippen LogP contribution in [0.15, 0.2) is 18.2 Å². The Morgan fingerprint density at radius 2 is 2.33 bits per heavy atom. The van der Waals surface area contributed by atoms with Gasteiger partial charge in [0, 0.05) is 5.56 Å². The average Bonchev–Trinajstić information content (AvgIpc) is 2.67. The van der Waals surface area contributed by atoms with Crippen molar-refractivity contribution < 1.29 is 4.74 Å². The SMILES string of the molecule is COc1cccc2c1C1CCNCC1C2. The molecule has 2 nitrogen and oxygen atoms in total. The quantitative estimate of drug-likeness (QED) is 0.753. The topological polar surface area (TPSA) is 21.3 Å². The highest BCUT2D eigenvalue weighted by atomic mass is 16.5. The van der Waals surface area contributed by atoms with Gasteiger partial charge in [-0.25, -0.2) is 0 Å². The number of hydrogen-bond donors (Lipinski definition) is 1. The molecule has 1 aromatic rings. The van der Waals surface area contributed by atoms with Crippen LogP contribution in [-0.4, -0.2) is 20.2 Å². The summed E-state index contributed by atoms with van der Waals surface area (Å²) in [6.07, 6.45) is 2.49. The molecule has 1 fully saturated rings. The van der Waals surface area contributed by atoms with Crippen molar-refractivity contribution in [2.45, 2.75) is 18.8 Å². The fraction of sp³-hybridized carbons (Fsp3) is 0.538. The Labute approximate surface area is 90.6 Å². The molecule has 15 heavy (non-hydrogen) atoms. The standard InChI is InChI=1S/C13H17NO/c1-15-12-4-2-3-9-7-10-8-14-6-5-11(10)13(9)12/h2-4,10-11,14H,5-8H2,1H3. The lowest BCUT2D eigenvalue weighted by Crippen LogP contribution is -2.33. The minimum Gasteiger partial charge on any atom is -0.496 e. The maximum atomic E-state index is 5.49. The third-order valence-electron chi connectivity index (χ3n) is 3.84. The summed E-state index contributed by atoms with van der Waals surface area (Å²) >= 11 is 0. The molecular weight excluding hydrogens is 186 g/mol. The fourth-order valence-electron chi connectivity index (χ4n) is 3.17. The van der Waals surface area contributed by atoms with E-state index >= 15 is 0 Å². The highest BCUT2D eigenvalue weighted by Crippen LogP contribution is 2.45. The smallest absolute Gasteiger partial charge is 0.122 e. The van der Waals surface area contributed by atoms with Crippen LogP contribution >= 0.6 is 0 Å². The molecule has 0 bridgehead atoms. The van der Waals surface area contributed by atoms with Gasteiger partial charge in [0.15, 0.2) is 0 Å². The normalized spacial score (nSPS) is 28.3. The summed E-state index contributed by atoms with van der Waals surface area (Å²) in [6, 6.07) is 6.47. The summed E-state index contributed by atoms with van der Waals surface area (Å²) < 4.78 is 5.49. The van der Waals surface area contributed by atoms with Crippen LogP contribution in [0, 0.1) is 5.92 Å². The van der Waals surface area contributed by atoms with E-state index in [0.29, 0.717) is 0 Å². The van der Waals surface area contributed by atoms with Crippen molar-refractivity contribution in [1.82, 2.24) is 5.32 Å². The van der Waals surface area contributed by atoms with E-state index in [2.05, 4.69) is 23.5 Å². The first-order valence-corrected chi connectivity index (χ1v) is 5.76. The first-order valence-electron chi connectivity index (χ1n) is 5.76. The maximum Gasteiger partial charge on any atom is 0.122 e. The van der Waals surface area contributed by atoms with Crippen molar-refractivity contribution in [3.05, 3.63) is 29.3 Å². The first kappa shape index (κ1) is 9.22. The molecule has 1 aliphatic heterocycles. The molecule has 1 aromatic carbocycles. The number of ether oxygens (including phenoxy) is 1. The second kappa shape index (κ2) is 3.53. The number of piperidine rings is 1. The van der Waals surface area contributed by atoms with Crippen molar-refractivity contribution in [2.75, 3.05) is 20.2 Å². The zero-order chi connectivity index (χ0) is 10.3. The van der Waals surface area contributed by atoms with Crippen molar-refractivity contribution in [3.8, 4) is 5.75 Å². The maximum absolute atomic E-state index is 5.49. The second-order valence-electron chi connectivity index (χ2n) is 4.60. The Kier molecular flexibility index (Phi) is 2.17. The van der Waals surface area contributed by atoms with Gasteiger partial charge in [0.1, 0.15) is 5.75 Å². The Balaban J connectivity index is 2.05. The summed E-state index contributed by atoms with van der Waals surface area (Å²) in [7, 11) is 1.78. The Morgan fingerprint density at radius 3 is 3.20 bits per heavy atom.